The SMILES string of the molecule is COc1ccccc1-c1ccc(C(=O)NCC2(N3CCOCC3)CCCC2)c(N(C)C[C@H]2COCCO2)n1. The summed E-state index contributed by atoms with van der Waals surface area (Å²) in [6, 6.07) is 11.6. The van der Waals surface area contributed by atoms with Crippen LogP contribution in [0, 0.1) is 0 Å². The highest BCUT2D eigenvalue weighted by Gasteiger charge is 2.40. The van der Waals surface area contributed by atoms with Gasteiger partial charge in [0.25, 0.3) is 5.91 Å². The van der Waals surface area contributed by atoms with Gasteiger partial charge in [0.1, 0.15) is 11.6 Å². The number of rotatable bonds is 9. The van der Waals surface area contributed by atoms with Crippen molar-refractivity contribution in [3.05, 3.63) is 42.0 Å². The van der Waals surface area contributed by atoms with Gasteiger partial charge in [0.15, 0.2) is 0 Å². The van der Waals surface area contributed by atoms with Crippen LogP contribution < -0.4 is 15.0 Å². The first-order chi connectivity index (χ1) is 18.6. The van der Waals surface area contributed by atoms with E-state index in [0.717, 1.165) is 56.2 Å². The van der Waals surface area contributed by atoms with E-state index in [2.05, 4.69) is 10.2 Å². The van der Waals surface area contributed by atoms with Gasteiger partial charge in [0.05, 0.1) is 57.5 Å². The fraction of sp³-hybridized carbons (Fsp3) is 0.586. The summed E-state index contributed by atoms with van der Waals surface area (Å²) in [6.07, 6.45) is 4.51. The molecule has 38 heavy (non-hydrogen) atoms. The van der Waals surface area contributed by atoms with Crippen molar-refractivity contribution in [3.63, 3.8) is 0 Å². The van der Waals surface area contributed by atoms with Crippen LogP contribution in [0.2, 0.25) is 0 Å². The summed E-state index contributed by atoms with van der Waals surface area (Å²) in [4.78, 5) is 23.2. The summed E-state index contributed by atoms with van der Waals surface area (Å²) in [5, 5.41) is 3.29. The average Bonchev–Trinajstić information content (AvgIpc) is 3.47. The minimum Gasteiger partial charge on any atom is -0.496 e. The molecule has 9 heteroatoms. The Kier molecular flexibility index (Phi) is 8.79. The number of carbonyl (C=O) groups is 1. The molecule has 2 aromatic rings. The maximum atomic E-state index is 13.7. The lowest BCUT2D eigenvalue weighted by molar-refractivity contribution is -0.0837. The molecule has 1 saturated carbocycles. The molecule has 1 N–H and O–H groups in total. The molecule has 5 rings (SSSR count). The molecule has 9 nitrogen and oxygen atoms in total. The van der Waals surface area contributed by atoms with Gasteiger partial charge in [0.2, 0.25) is 0 Å². The Bertz CT molecular complexity index is 1080. The van der Waals surface area contributed by atoms with Crippen molar-refractivity contribution in [1.29, 1.82) is 0 Å². The molecule has 1 atom stereocenters. The van der Waals surface area contributed by atoms with Crippen molar-refractivity contribution in [2.45, 2.75) is 37.3 Å². The van der Waals surface area contributed by atoms with Gasteiger partial charge in [0, 0.05) is 44.3 Å². The Morgan fingerprint density at radius 2 is 1.89 bits per heavy atom. The molecule has 0 bridgehead atoms. The van der Waals surface area contributed by atoms with E-state index in [0.29, 0.717) is 44.3 Å². The number of carbonyl (C=O) groups excluding carboxylic acids is 1. The lowest BCUT2D eigenvalue weighted by Gasteiger charge is -2.43. The van der Waals surface area contributed by atoms with Gasteiger partial charge in [-0.15, -0.1) is 0 Å². The predicted octanol–water partition coefficient (Wildman–Crippen LogP) is 2.98. The maximum Gasteiger partial charge on any atom is 0.255 e. The molecule has 1 aliphatic carbocycles. The first kappa shape index (κ1) is 26.9. The standard InChI is InChI=1S/C29H40N4O5/c1-32(19-22-20-37-17-18-38-22)27-24(9-10-25(31-27)23-7-3-4-8-26(23)35-2)28(34)30-21-29(11-5-6-12-29)33-13-15-36-16-14-33/h3-4,7-10,22H,5-6,11-21H2,1-2H3,(H,30,34)/t22-/m0/s1. The van der Waals surface area contributed by atoms with Gasteiger partial charge in [-0.3, -0.25) is 9.69 Å². The molecule has 0 radical (unpaired) electrons. The number of hydrogen-bond acceptors (Lipinski definition) is 8. The third-order valence-electron chi connectivity index (χ3n) is 8.02. The largest absolute Gasteiger partial charge is 0.496 e. The second-order valence-corrected chi connectivity index (χ2v) is 10.4. The number of para-hydroxylation sites is 1. The van der Waals surface area contributed by atoms with Crippen LogP contribution >= 0.6 is 0 Å². The minimum atomic E-state index is -0.105. The van der Waals surface area contributed by atoms with Gasteiger partial charge in [-0.2, -0.15) is 0 Å². The fourth-order valence-corrected chi connectivity index (χ4v) is 5.97. The maximum absolute atomic E-state index is 13.7. The molecule has 0 spiro atoms. The molecule has 1 amide bonds. The lowest BCUT2D eigenvalue weighted by Crippen LogP contribution is -2.57. The van der Waals surface area contributed by atoms with Crippen LogP contribution in [0.4, 0.5) is 5.82 Å². The van der Waals surface area contributed by atoms with Gasteiger partial charge in [-0.05, 0) is 37.1 Å². The van der Waals surface area contributed by atoms with Gasteiger partial charge < -0.3 is 29.2 Å². The molecule has 2 aliphatic heterocycles. The number of methoxy groups -OCH3 is 1. The molecular weight excluding hydrogens is 484 g/mol. The van der Waals surface area contributed by atoms with E-state index in [4.69, 9.17) is 23.9 Å². The Balaban J connectivity index is 1.40. The zero-order chi connectivity index (χ0) is 26.4. The number of ether oxygens (including phenoxy) is 4. The van der Waals surface area contributed by atoms with Crippen LogP contribution in [0.3, 0.4) is 0 Å². The van der Waals surface area contributed by atoms with Gasteiger partial charge >= 0.3 is 0 Å². The summed E-state index contributed by atoms with van der Waals surface area (Å²) in [7, 11) is 3.61. The first-order valence-electron chi connectivity index (χ1n) is 13.8. The van der Waals surface area contributed by atoms with Crippen molar-refractivity contribution < 1.29 is 23.7 Å². The predicted molar refractivity (Wildman–Crippen MR) is 146 cm³/mol. The number of benzene rings is 1. The van der Waals surface area contributed by atoms with Crippen molar-refractivity contribution in [1.82, 2.24) is 15.2 Å². The zero-order valence-corrected chi connectivity index (χ0v) is 22.6. The second-order valence-electron chi connectivity index (χ2n) is 10.4. The van der Waals surface area contributed by atoms with Crippen LogP contribution in [-0.2, 0) is 14.2 Å². The molecule has 3 aliphatic rings. The topological polar surface area (TPSA) is 85.4 Å². The monoisotopic (exact) mass is 524 g/mol. The quantitative estimate of drug-likeness (QED) is 0.536. The van der Waals surface area contributed by atoms with Crippen LogP contribution in [0.1, 0.15) is 36.0 Å². The summed E-state index contributed by atoms with van der Waals surface area (Å²) in [5.41, 5.74) is 2.19. The number of hydrogen-bond donors (Lipinski definition) is 1. The normalized spacial score (nSPS) is 21.7. The molecule has 206 valence electrons. The Morgan fingerprint density at radius 3 is 2.63 bits per heavy atom. The smallest absolute Gasteiger partial charge is 0.255 e. The van der Waals surface area contributed by atoms with Crippen molar-refractivity contribution in [2.24, 2.45) is 0 Å². The van der Waals surface area contributed by atoms with Crippen LogP contribution in [0.25, 0.3) is 11.3 Å². The first-order valence-corrected chi connectivity index (χ1v) is 13.8. The number of anilines is 1. The molecular formula is C29H40N4O5. The number of nitrogens with zero attached hydrogens (tertiary/aromatic N) is 3. The molecule has 1 aromatic carbocycles. The van der Waals surface area contributed by atoms with Crippen molar-refractivity contribution in [2.75, 3.05) is 78.3 Å². The Labute approximate surface area is 225 Å². The van der Waals surface area contributed by atoms with E-state index >= 15 is 0 Å². The number of nitrogens with one attached hydrogen (secondary N) is 1. The summed E-state index contributed by atoms with van der Waals surface area (Å²) < 4.78 is 22.7. The van der Waals surface area contributed by atoms with Crippen LogP contribution in [-0.4, -0.2) is 101 Å². The van der Waals surface area contributed by atoms with E-state index in [1.54, 1.807) is 7.11 Å². The van der Waals surface area contributed by atoms with Crippen LogP contribution in [0.15, 0.2) is 36.4 Å². The molecule has 3 fully saturated rings. The number of morpholine rings is 1. The molecule has 2 saturated heterocycles. The summed E-state index contributed by atoms with van der Waals surface area (Å²) in [6.45, 7) is 6.26. The van der Waals surface area contributed by atoms with Crippen molar-refractivity contribution in [3.8, 4) is 17.0 Å². The van der Waals surface area contributed by atoms with Gasteiger partial charge in [-0.25, -0.2) is 4.98 Å². The van der Waals surface area contributed by atoms with Crippen LogP contribution in [0.5, 0.6) is 5.75 Å². The Hall–Kier alpha value is -2.72. The zero-order valence-electron chi connectivity index (χ0n) is 22.6. The van der Waals surface area contributed by atoms with E-state index in [1.165, 1.54) is 12.8 Å². The van der Waals surface area contributed by atoms with E-state index in [9.17, 15) is 4.79 Å². The second kappa shape index (κ2) is 12.4. The van der Waals surface area contributed by atoms with E-state index < -0.39 is 0 Å². The van der Waals surface area contributed by atoms with E-state index in [1.807, 2.05) is 48.3 Å². The molecule has 3 heterocycles. The van der Waals surface area contributed by atoms with Crippen molar-refractivity contribution >= 4 is 11.7 Å². The van der Waals surface area contributed by atoms with Gasteiger partial charge in [-0.1, -0.05) is 25.0 Å². The average molecular weight is 525 g/mol. The lowest BCUT2D eigenvalue weighted by atomic mass is 9.94. The highest BCUT2D eigenvalue weighted by atomic mass is 16.6. The number of aromatic nitrogens is 1. The molecule has 0 unspecified atom stereocenters. The number of likely N-dealkylation sites (N-methyl/N-ethyl adjacent to an activating group) is 1. The number of pyridine rings is 1. The minimum absolute atomic E-state index is 0.00353. The number of amides is 1. The Morgan fingerprint density at radius 1 is 1.11 bits per heavy atom. The fourth-order valence-electron chi connectivity index (χ4n) is 5.97. The summed E-state index contributed by atoms with van der Waals surface area (Å²) >= 11 is 0. The molecule has 1 aromatic heterocycles. The highest BCUT2D eigenvalue weighted by molar-refractivity contribution is 5.99. The highest BCUT2D eigenvalue weighted by Crippen LogP contribution is 2.36. The third-order valence-corrected chi connectivity index (χ3v) is 8.02. The summed E-state index contributed by atoms with van der Waals surface area (Å²) in [5.74, 6) is 1.25. The third kappa shape index (κ3) is 5.96. The van der Waals surface area contributed by atoms with E-state index in [-0.39, 0.29) is 17.6 Å².